The maximum atomic E-state index is 11.7. The van der Waals surface area contributed by atoms with Crippen LogP contribution in [0.3, 0.4) is 0 Å². The molecule has 1 aromatic heterocycles. The summed E-state index contributed by atoms with van der Waals surface area (Å²) in [5.74, 6) is -0.864. The summed E-state index contributed by atoms with van der Waals surface area (Å²) >= 11 is 0. The van der Waals surface area contributed by atoms with Crippen molar-refractivity contribution < 1.29 is 19.1 Å². The number of aryl methyl sites for hydroxylation is 1. The number of hydrogen-bond donors (Lipinski definition) is 0. The van der Waals surface area contributed by atoms with Crippen LogP contribution in [-0.2, 0) is 16.5 Å². The Morgan fingerprint density at radius 3 is 2.24 bits per heavy atom. The van der Waals surface area contributed by atoms with E-state index in [1.165, 1.54) is 4.57 Å². The van der Waals surface area contributed by atoms with Gasteiger partial charge in [-0.05, 0) is 32.4 Å². The molecular formula is C12H17NO4. The third-order valence-corrected chi connectivity index (χ3v) is 2.38. The standard InChI is InChI=1S/C12H17NO4/c1-5-16-11(14)9-7-8(3)10(13(9)4)12(15)17-6-2/h7H,5-6H2,1-4H3. The minimum absolute atomic E-state index is 0.303. The van der Waals surface area contributed by atoms with Crippen LogP contribution < -0.4 is 0 Å². The second kappa shape index (κ2) is 5.52. The van der Waals surface area contributed by atoms with Crippen LogP contribution in [0, 0.1) is 6.92 Å². The zero-order valence-corrected chi connectivity index (χ0v) is 10.6. The van der Waals surface area contributed by atoms with Gasteiger partial charge in [0, 0.05) is 7.05 Å². The lowest BCUT2D eigenvalue weighted by molar-refractivity contribution is 0.0506. The van der Waals surface area contributed by atoms with Crippen molar-refractivity contribution in [3.63, 3.8) is 0 Å². The number of esters is 2. The van der Waals surface area contributed by atoms with E-state index in [4.69, 9.17) is 9.47 Å². The third kappa shape index (κ3) is 2.67. The minimum Gasteiger partial charge on any atom is -0.461 e. The van der Waals surface area contributed by atoms with Crippen molar-refractivity contribution >= 4 is 11.9 Å². The Bertz CT molecular complexity index is 434. The van der Waals surface area contributed by atoms with Gasteiger partial charge < -0.3 is 14.0 Å². The highest BCUT2D eigenvalue weighted by Crippen LogP contribution is 2.16. The third-order valence-electron chi connectivity index (χ3n) is 2.38. The van der Waals surface area contributed by atoms with Crippen molar-refractivity contribution in [2.24, 2.45) is 7.05 Å². The molecule has 0 aliphatic heterocycles. The maximum Gasteiger partial charge on any atom is 0.355 e. The quantitative estimate of drug-likeness (QED) is 0.750. The first kappa shape index (κ1) is 13.3. The molecule has 0 aliphatic rings. The molecule has 0 atom stereocenters. The van der Waals surface area contributed by atoms with Crippen molar-refractivity contribution in [2.45, 2.75) is 20.8 Å². The predicted molar refractivity (Wildman–Crippen MR) is 62.1 cm³/mol. The van der Waals surface area contributed by atoms with E-state index in [0.717, 1.165) is 0 Å². The van der Waals surface area contributed by atoms with Crippen molar-refractivity contribution in [1.82, 2.24) is 4.57 Å². The van der Waals surface area contributed by atoms with E-state index in [1.807, 2.05) is 0 Å². The van der Waals surface area contributed by atoms with Crippen molar-refractivity contribution in [3.8, 4) is 0 Å². The summed E-state index contributed by atoms with van der Waals surface area (Å²) < 4.78 is 11.3. The van der Waals surface area contributed by atoms with Crippen LogP contribution in [0.2, 0.25) is 0 Å². The molecule has 0 fully saturated rings. The number of carbonyl (C=O) groups is 2. The average Bonchev–Trinajstić information content (AvgIpc) is 2.55. The molecule has 0 spiro atoms. The first-order valence-corrected chi connectivity index (χ1v) is 5.53. The van der Waals surface area contributed by atoms with Crippen LogP contribution >= 0.6 is 0 Å². The molecule has 0 aliphatic carbocycles. The van der Waals surface area contributed by atoms with Crippen molar-refractivity contribution in [3.05, 3.63) is 23.0 Å². The summed E-state index contributed by atoms with van der Waals surface area (Å²) in [7, 11) is 1.64. The van der Waals surface area contributed by atoms with Gasteiger partial charge in [0.2, 0.25) is 0 Å². The smallest absolute Gasteiger partial charge is 0.355 e. The maximum absolute atomic E-state index is 11.7. The van der Waals surface area contributed by atoms with Gasteiger partial charge in [0.05, 0.1) is 13.2 Å². The normalized spacial score (nSPS) is 10.1. The zero-order valence-electron chi connectivity index (χ0n) is 10.6. The predicted octanol–water partition coefficient (Wildman–Crippen LogP) is 1.69. The van der Waals surface area contributed by atoms with E-state index in [2.05, 4.69) is 0 Å². The molecule has 5 heteroatoms. The first-order chi connectivity index (χ1) is 8.02. The molecule has 17 heavy (non-hydrogen) atoms. The van der Waals surface area contributed by atoms with Gasteiger partial charge in [0.15, 0.2) is 0 Å². The summed E-state index contributed by atoms with van der Waals surface area (Å²) in [6.45, 7) is 5.84. The summed E-state index contributed by atoms with van der Waals surface area (Å²) in [6, 6.07) is 1.63. The number of rotatable bonds is 4. The van der Waals surface area contributed by atoms with Gasteiger partial charge in [-0.25, -0.2) is 9.59 Å². The van der Waals surface area contributed by atoms with Crippen LogP contribution in [0.25, 0.3) is 0 Å². The van der Waals surface area contributed by atoms with Crippen molar-refractivity contribution in [2.75, 3.05) is 13.2 Å². The molecule has 0 unspecified atom stereocenters. The molecule has 0 amide bonds. The molecular weight excluding hydrogens is 222 g/mol. The Labute approximate surface area is 100 Å². The Hall–Kier alpha value is -1.78. The van der Waals surface area contributed by atoms with E-state index >= 15 is 0 Å². The number of ether oxygens (including phenoxy) is 2. The fourth-order valence-electron chi connectivity index (χ4n) is 1.65. The van der Waals surface area contributed by atoms with Crippen LogP contribution in [-0.4, -0.2) is 29.7 Å². The minimum atomic E-state index is -0.436. The fraction of sp³-hybridized carbons (Fsp3) is 0.500. The van der Waals surface area contributed by atoms with Crippen molar-refractivity contribution in [1.29, 1.82) is 0 Å². The highest BCUT2D eigenvalue weighted by molar-refractivity contribution is 5.94. The Kier molecular flexibility index (Phi) is 4.31. The monoisotopic (exact) mass is 239 g/mol. The summed E-state index contributed by atoms with van der Waals surface area (Å²) in [5.41, 5.74) is 1.44. The number of carbonyl (C=O) groups excluding carboxylic acids is 2. The topological polar surface area (TPSA) is 57.5 Å². The molecule has 94 valence electrons. The molecule has 1 heterocycles. The van der Waals surface area contributed by atoms with Crippen LogP contribution in [0.15, 0.2) is 6.07 Å². The Morgan fingerprint density at radius 1 is 1.18 bits per heavy atom. The van der Waals surface area contributed by atoms with E-state index in [-0.39, 0.29) is 0 Å². The van der Waals surface area contributed by atoms with Gasteiger partial charge in [-0.2, -0.15) is 0 Å². The summed E-state index contributed by atoms with van der Waals surface area (Å²) in [4.78, 5) is 23.3. The van der Waals surface area contributed by atoms with Gasteiger partial charge in [-0.1, -0.05) is 0 Å². The lowest BCUT2D eigenvalue weighted by atomic mass is 10.2. The van der Waals surface area contributed by atoms with Crippen LogP contribution in [0.5, 0.6) is 0 Å². The Balaban J connectivity index is 3.09. The van der Waals surface area contributed by atoms with Gasteiger partial charge in [0.25, 0.3) is 0 Å². The van der Waals surface area contributed by atoms with Gasteiger partial charge in [0.1, 0.15) is 11.4 Å². The Morgan fingerprint density at radius 2 is 1.71 bits per heavy atom. The number of hydrogen-bond acceptors (Lipinski definition) is 4. The van der Waals surface area contributed by atoms with E-state index in [9.17, 15) is 9.59 Å². The summed E-state index contributed by atoms with van der Waals surface area (Å²) in [5, 5.41) is 0. The van der Waals surface area contributed by atoms with E-state index in [1.54, 1.807) is 33.9 Å². The number of aromatic nitrogens is 1. The SMILES string of the molecule is CCOC(=O)c1cc(C)c(C(=O)OCC)n1C. The molecule has 1 aromatic rings. The fourth-order valence-corrected chi connectivity index (χ4v) is 1.65. The average molecular weight is 239 g/mol. The molecule has 0 aromatic carbocycles. The zero-order chi connectivity index (χ0) is 13.0. The van der Waals surface area contributed by atoms with Crippen LogP contribution in [0.1, 0.15) is 40.4 Å². The first-order valence-electron chi connectivity index (χ1n) is 5.53. The molecule has 0 saturated heterocycles. The van der Waals surface area contributed by atoms with E-state index in [0.29, 0.717) is 30.2 Å². The molecule has 0 radical (unpaired) electrons. The molecule has 0 bridgehead atoms. The summed E-state index contributed by atoms with van der Waals surface area (Å²) in [6.07, 6.45) is 0. The second-order valence-electron chi connectivity index (χ2n) is 3.56. The second-order valence-corrected chi connectivity index (χ2v) is 3.56. The highest BCUT2D eigenvalue weighted by atomic mass is 16.5. The van der Waals surface area contributed by atoms with Crippen LogP contribution in [0.4, 0.5) is 0 Å². The molecule has 0 N–H and O–H groups in total. The molecule has 0 saturated carbocycles. The lowest BCUT2D eigenvalue weighted by Gasteiger charge is -2.07. The van der Waals surface area contributed by atoms with E-state index < -0.39 is 11.9 Å². The highest BCUT2D eigenvalue weighted by Gasteiger charge is 2.21. The van der Waals surface area contributed by atoms with Gasteiger partial charge >= 0.3 is 11.9 Å². The number of nitrogens with zero attached hydrogens (tertiary/aromatic N) is 1. The van der Waals surface area contributed by atoms with Gasteiger partial charge in [-0.15, -0.1) is 0 Å². The molecule has 5 nitrogen and oxygen atoms in total. The van der Waals surface area contributed by atoms with Gasteiger partial charge in [-0.3, -0.25) is 0 Å². The largest absolute Gasteiger partial charge is 0.461 e. The lowest BCUT2D eigenvalue weighted by Crippen LogP contribution is -2.15. The molecule has 1 rings (SSSR count).